The molecule has 0 aliphatic rings. The second-order valence-electron chi connectivity index (χ2n) is 2.34. The maximum atomic E-state index is 12.8. The van der Waals surface area contributed by atoms with Crippen LogP contribution < -0.4 is 4.74 Å². The van der Waals surface area contributed by atoms with Crippen LogP contribution in [0.4, 0.5) is 17.6 Å². The highest BCUT2D eigenvalue weighted by molar-refractivity contribution is 5.37. The number of ether oxygens (including phenoxy) is 1. The van der Waals surface area contributed by atoms with E-state index in [0.717, 1.165) is 18.2 Å². The van der Waals surface area contributed by atoms with Gasteiger partial charge in [-0.15, -0.1) is 19.6 Å². The van der Waals surface area contributed by atoms with Gasteiger partial charge in [0.2, 0.25) is 0 Å². The number of halogens is 4. The van der Waals surface area contributed by atoms with Crippen molar-refractivity contribution in [3.63, 3.8) is 0 Å². The molecule has 0 bridgehead atoms. The molecule has 0 N–H and O–H groups in total. The van der Waals surface area contributed by atoms with Crippen LogP contribution in [-0.2, 0) is 0 Å². The van der Waals surface area contributed by atoms with E-state index in [1.165, 1.54) is 0 Å². The number of rotatable bonds is 1. The summed E-state index contributed by atoms with van der Waals surface area (Å²) < 4.78 is 51.3. The predicted octanol–water partition coefficient (Wildman–Crippen LogP) is 2.71. The van der Waals surface area contributed by atoms with Crippen LogP contribution >= 0.6 is 0 Å². The van der Waals surface area contributed by atoms with Gasteiger partial charge in [-0.25, -0.2) is 4.39 Å². The van der Waals surface area contributed by atoms with E-state index in [9.17, 15) is 17.6 Å². The molecule has 0 fully saturated rings. The topological polar surface area (TPSA) is 9.23 Å². The van der Waals surface area contributed by atoms with Crippen LogP contribution in [0.2, 0.25) is 0 Å². The van der Waals surface area contributed by atoms with E-state index in [1.807, 2.05) is 0 Å². The number of hydrogen-bond donors (Lipinski definition) is 0. The van der Waals surface area contributed by atoms with Gasteiger partial charge >= 0.3 is 6.36 Å². The first kappa shape index (κ1) is 10.4. The summed E-state index contributed by atoms with van der Waals surface area (Å²) in [7, 11) is 0. The van der Waals surface area contributed by atoms with Crippen molar-refractivity contribution in [1.82, 2.24) is 0 Å². The summed E-state index contributed by atoms with van der Waals surface area (Å²) in [5, 5.41) is 0. The highest BCUT2D eigenvalue weighted by atomic mass is 19.4. The molecule has 0 aliphatic heterocycles. The van der Waals surface area contributed by atoms with Gasteiger partial charge in [-0.1, -0.05) is 5.92 Å². The molecule has 1 nitrogen and oxygen atoms in total. The first-order valence-electron chi connectivity index (χ1n) is 3.44. The highest BCUT2D eigenvalue weighted by Gasteiger charge is 2.32. The van der Waals surface area contributed by atoms with E-state index in [-0.39, 0.29) is 5.56 Å². The monoisotopic (exact) mass is 204 g/mol. The molecule has 14 heavy (non-hydrogen) atoms. The molecule has 0 unspecified atom stereocenters. The third kappa shape index (κ3) is 2.66. The molecule has 0 radical (unpaired) electrons. The minimum atomic E-state index is -4.90. The molecular weight excluding hydrogens is 200 g/mol. The summed E-state index contributed by atoms with van der Waals surface area (Å²) in [6.07, 6.45) is 0.0121. The van der Waals surface area contributed by atoms with Gasteiger partial charge in [-0.2, -0.15) is 0 Å². The molecule has 1 aromatic rings. The Hall–Kier alpha value is -1.70. The van der Waals surface area contributed by atoms with Crippen LogP contribution in [0.1, 0.15) is 5.56 Å². The Labute approximate surface area is 77.3 Å². The molecular formula is C9H4F4O. The minimum absolute atomic E-state index is 0.150. The maximum absolute atomic E-state index is 12.8. The molecule has 0 aromatic heterocycles. The third-order valence-corrected chi connectivity index (χ3v) is 1.32. The summed E-state index contributed by atoms with van der Waals surface area (Å²) in [5.41, 5.74) is 0.150. The lowest BCUT2D eigenvalue weighted by molar-refractivity contribution is -0.275. The average molecular weight is 204 g/mol. The van der Waals surface area contributed by atoms with Crippen LogP contribution in [0.5, 0.6) is 5.75 Å². The number of terminal acetylenes is 1. The Morgan fingerprint density at radius 3 is 2.36 bits per heavy atom. The fourth-order valence-corrected chi connectivity index (χ4v) is 0.798. The molecule has 5 heteroatoms. The molecule has 0 spiro atoms. The van der Waals surface area contributed by atoms with E-state index in [2.05, 4.69) is 10.7 Å². The van der Waals surface area contributed by atoms with E-state index in [0.29, 0.717) is 0 Å². The van der Waals surface area contributed by atoms with Crippen molar-refractivity contribution in [2.75, 3.05) is 0 Å². The summed E-state index contributed by atoms with van der Waals surface area (Å²) in [6, 6.07) is 2.78. The van der Waals surface area contributed by atoms with Crippen LogP contribution in [0.15, 0.2) is 18.2 Å². The Bertz CT molecular complexity index is 375. The van der Waals surface area contributed by atoms with Crippen LogP contribution in [0, 0.1) is 18.2 Å². The van der Waals surface area contributed by atoms with Crippen LogP contribution in [0.3, 0.4) is 0 Å². The molecule has 0 aliphatic carbocycles. The highest BCUT2D eigenvalue weighted by Crippen LogP contribution is 2.25. The van der Waals surface area contributed by atoms with E-state index in [4.69, 9.17) is 6.42 Å². The van der Waals surface area contributed by atoms with Gasteiger partial charge in [0.25, 0.3) is 0 Å². The zero-order chi connectivity index (χ0) is 10.8. The van der Waals surface area contributed by atoms with E-state index in [1.54, 1.807) is 0 Å². The lowest BCUT2D eigenvalue weighted by atomic mass is 10.2. The first-order chi connectivity index (χ1) is 6.42. The Morgan fingerprint density at radius 1 is 1.29 bits per heavy atom. The zero-order valence-electron chi connectivity index (χ0n) is 6.73. The molecule has 0 atom stereocenters. The number of benzene rings is 1. The molecule has 74 valence electrons. The molecule has 1 rings (SSSR count). The van der Waals surface area contributed by atoms with Crippen molar-refractivity contribution in [2.24, 2.45) is 0 Å². The molecule has 0 saturated heterocycles. The van der Waals surface area contributed by atoms with E-state index >= 15 is 0 Å². The zero-order valence-corrected chi connectivity index (χ0v) is 6.73. The summed E-state index contributed by atoms with van der Waals surface area (Å²) in [6.45, 7) is 0. The second-order valence-corrected chi connectivity index (χ2v) is 2.34. The van der Waals surface area contributed by atoms with Crippen molar-refractivity contribution < 1.29 is 22.3 Å². The number of hydrogen-bond acceptors (Lipinski definition) is 1. The quantitative estimate of drug-likeness (QED) is 0.504. The Morgan fingerprint density at radius 2 is 1.93 bits per heavy atom. The molecule has 1 aromatic carbocycles. The number of alkyl halides is 3. The van der Waals surface area contributed by atoms with Gasteiger partial charge in [0.1, 0.15) is 0 Å². The van der Waals surface area contributed by atoms with Crippen molar-refractivity contribution in [1.29, 1.82) is 0 Å². The predicted molar refractivity (Wildman–Crippen MR) is 41.0 cm³/mol. The Balaban J connectivity index is 2.97. The minimum Gasteiger partial charge on any atom is -0.403 e. The van der Waals surface area contributed by atoms with Crippen molar-refractivity contribution in [3.05, 3.63) is 29.6 Å². The molecule has 0 amide bonds. The van der Waals surface area contributed by atoms with Gasteiger partial charge in [0.15, 0.2) is 11.6 Å². The third-order valence-electron chi connectivity index (χ3n) is 1.32. The average Bonchev–Trinajstić information content (AvgIpc) is 2.06. The summed E-state index contributed by atoms with van der Waals surface area (Å²) in [5.74, 6) is 0.0480. The maximum Gasteiger partial charge on any atom is 0.573 e. The SMILES string of the molecule is C#Cc1ccc(OC(F)(F)F)c(F)c1. The van der Waals surface area contributed by atoms with Gasteiger partial charge in [0.05, 0.1) is 0 Å². The van der Waals surface area contributed by atoms with E-state index < -0.39 is 17.9 Å². The lowest BCUT2D eigenvalue weighted by Gasteiger charge is -2.09. The van der Waals surface area contributed by atoms with Crippen molar-refractivity contribution >= 4 is 0 Å². The molecule has 0 saturated carbocycles. The smallest absolute Gasteiger partial charge is 0.403 e. The first-order valence-corrected chi connectivity index (χ1v) is 3.44. The van der Waals surface area contributed by atoms with Crippen molar-refractivity contribution in [2.45, 2.75) is 6.36 Å². The fourth-order valence-electron chi connectivity index (χ4n) is 0.798. The normalized spacial score (nSPS) is 10.8. The van der Waals surface area contributed by atoms with Crippen LogP contribution in [-0.4, -0.2) is 6.36 Å². The largest absolute Gasteiger partial charge is 0.573 e. The lowest BCUT2D eigenvalue weighted by Crippen LogP contribution is -2.17. The molecule has 0 heterocycles. The standard InChI is InChI=1S/C9H4F4O/c1-2-6-3-4-8(7(10)5-6)14-9(11,12)13/h1,3-5H. The fraction of sp³-hybridized carbons (Fsp3) is 0.111. The second kappa shape index (κ2) is 3.58. The van der Waals surface area contributed by atoms with Gasteiger partial charge in [-0.05, 0) is 18.2 Å². The van der Waals surface area contributed by atoms with Gasteiger partial charge in [0, 0.05) is 5.56 Å². The van der Waals surface area contributed by atoms with Crippen molar-refractivity contribution in [3.8, 4) is 18.1 Å². The van der Waals surface area contributed by atoms with Gasteiger partial charge < -0.3 is 4.74 Å². The summed E-state index contributed by atoms with van der Waals surface area (Å²) in [4.78, 5) is 0. The summed E-state index contributed by atoms with van der Waals surface area (Å²) >= 11 is 0. The van der Waals surface area contributed by atoms with Gasteiger partial charge in [-0.3, -0.25) is 0 Å². The van der Waals surface area contributed by atoms with Crippen LogP contribution in [0.25, 0.3) is 0 Å². The Kier molecular flexibility index (Phi) is 2.65.